The topological polar surface area (TPSA) is 41.1 Å². The van der Waals surface area contributed by atoms with Crippen molar-refractivity contribution in [3.8, 4) is 0 Å². The average Bonchev–Trinajstić information content (AvgIpc) is 2.81. The third kappa shape index (κ3) is 2.81. The molecule has 0 saturated carbocycles. The summed E-state index contributed by atoms with van der Waals surface area (Å²) in [5, 5.41) is 5.28. The number of carbonyl (C=O) groups is 1. The van der Waals surface area contributed by atoms with E-state index in [0.29, 0.717) is 6.42 Å². The highest BCUT2D eigenvalue weighted by molar-refractivity contribution is 5.95. The third-order valence-electron chi connectivity index (χ3n) is 2.87. The normalized spacial score (nSPS) is 19.8. The van der Waals surface area contributed by atoms with Gasteiger partial charge in [0.25, 0.3) is 0 Å². The summed E-state index contributed by atoms with van der Waals surface area (Å²) in [6.07, 6.45) is -2.95. The maximum absolute atomic E-state index is 12.7. The molecule has 1 amide bonds. The molecule has 1 aliphatic heterocycles. The van der Waals surface area contributed by atoms with E-state index >= 15 is 0 Å². The summed E-state index contributed by atoms with van der Waals surface area (Å²) in [6, 6.07) is 4.58. The van der Waals surface area contributed by atoms with E-state index in [4.69, 9.17) is 0 Å². The Labute approximate surface area is 102 Å². The van der Waals surface area contributed by atoms with Gasteiger partial charge in [-0.25, -0.2) is 0 Å². The molecule has 1 aliphatic rings. The van der Waals surface area contributed by atoms with E-state index in [9.17, 15) is 18.0 Å². The second-order valence-corrected chi connectivity index (χ2v) is 4.18. The number of amides is 1. The molecule has 1 heterocycles. The fraction of sp³-hybridized carbons (Fsp3) is 0.417. The van der Waals surface area contributed by atoms with Crippen molar-refractivity contribution >= 4 is 11.6 Å². The highest BCUT2D eigenvalue weighted by Crippen LogP contribution is 2.34. The van der Waals surface area contributed by atoms with Crippen LogP contribution in [0.4, 0.5) is 18.9 Å². The Morgan fingerprint density at radius 2 is 2.06 bits per heavy atom. The minimum Gasteiger partial charge on any atom is -0.324 e. The SMILES string of the molecule is O=C(Nc1ccccc1C(F)(F)F)[C@@H]1CCCN1. The highest BCUT2D eigenvalue weighted by Gasteiger charge is 2.34. The Hall–Kier alpha value is -1.56. The zero-order valence-electron chi connectivity index (χ0n) is 9.55. The van der Waals surface area contributed by atoms with Crippen molar-refractivity contribution in [1.29, 1.82) is 0 Å². The van der Waals surface area contributed by atoms with Crippen LogP contribution in [0.1, 0.15) is 18.4 Å². The molecule has 6 heteroatoms. The number of para-hydroxylation sites is 1. The first-order valence-corrected chi connectivity index (χ1v) is 5.69. The first-order valence-electron chi connectivity index (χ1n) is 5.69. The van der Waals surface area contributed by atoms with Crippen molar-refractivity contribution in [2.24, 2.45) is 0 Å². The molecule has 0 spiro atoms. The number of alkyl halides is 3. The Morgan fingerprint density at radius 3 is 2.67 bits per heavy atom. The molecule has 0 aliphatic carbocycles. The van der Waals surface area contributed by atoms with Crippen LogP contribution in [-0.2, 0) is 11.0 Å². The maximum atomic E-state index is 12.7. The van der Waals surface area contributed by atoms with Crippen molar-refractivity contribution in [1.82, 2.24) is 5.32 Å². The molecular formula is C12H13F3N2O. The number of anilines is 1. The summed E-state index contributed by atoms with van der Waals surface area (Å²) in [7, 11) is 0. The largest absolute Gasteiger partial charge is 0.418 e. The maximum Gasteiger partial charge on any atom is 0.418 e. The molecule has 18 heavy (non-hydrogen) atoms. The predicted molar refractivity (Wildman–Crippen MR) is 61.1 cm³/mol. The lowest BCUT2D eigenvalue weighted by molar-refractivity contribution is -0.137. The predicted octanol–water partition coefficient (Wildman–Crippen LogP) is 2.40. The number of nitrogens with one attached hydrogen (secondary N) is 2. The molecule has 0 bridgehead atoms. The van der Waals surface area contributed by atoms with Gasteiger partial charge in [-0.05, 0) is 31.5 Å². The van der Waals surface area contributed by atoms with Crippen LogP contribution < -0.4 is 10.6 Å². The third-order valence-corrected chi connectivity index (χ3v) is 2.87. The van der Waals surface area contributed by atoms with Crippen LogP contribution >= 0.6 is 0 Å². The molecule has 0 aromatic heterocycles. The fourth-order valence-electron chi connectivity index (χ4n) is 1.97. The second-order valence-electron chi connectivity index (χ2n) is 4.18. The van der Waals surface area contributed by atoms with Gasteiger partial charge in [-0.3, -0.25) is 4.79 Å². The molecular weight excluding hydrogens is 245 g/mol. The van der Waals surface area contributed by atoms with Crippen molar-refractivity contribution in [3.05, 3.63) is 29.8 Å². The molecule has 2 N–H and O–H groups in total. The summed E-state index contributed by atoms with van der Waals surface area (Å²) < 4.78 is 38.1. The van der Waals surface area contributed by atoms with Crippen molar-refractivity contribution < 1.29 is 18.0 Å². The lowest BCUT2D eigenvalue weighted by Gasteiger charge is -2.15. The molecule has 1 saturated heterocycles. The Balaban J connectivity index is 2.16. The molecule has 1 fully saturated rings. The zero-order valence-corrected chi connectivity index (χ0v) is 9.55. The van der Waals surface area contributed by atoms with E-state index < -0.39 is 23.7 Å². The lowest BCUT2D eigenvalue weighted by atomic mass is 10.1. The first-order chi connectivity index (χ1) is 8.48. The summed E-state index contributed by atoms with van der Waals surface area (Å²) in [6.45, 7) is 0.721. The number of hydrogen-bond acceptors (Lipinski definition) is 2. The summed E-state index contributed by atoms with van der Waals surface area (Å²) in [5.41, 5.74) is -1.01. The van der Waals surface area contributed by atoms with Crippen LogP contribution in [0.15, 0.2) is 24.3 Å². The van der Waals surface area contributed by atoms with Crippen molar-refractivity contribution in [3.63, 3.8) is 0 Å². The monoisotopic (exact) mass is 258 g/mol. The van der Waals surface area contributed by atoms with Crippen LogP contribution in [-0.4, -0.2) is 18.5 Å². The minimum absolute atomic E-state index is 0.191. The summed E-state index contributed by atoms with van der Waals surface area (Å²) in [5.74, 6) is -0.413. The quantitative estimate of drug-likeness (QED) is 0.855. The van der Waals surface area contributed by atoms with Gasteiger partial charge < -0.3 is 10.6 Å². The molecule has 2 rings (SSSR count). The van der Waals surface area contributed by atoms with E-state index in [1.54, 1.807) is 0 Å². The van der Waals surface area contributed by atoms with Crippen LogP contribution in [0.3, 0.4) is 0 Å². The van der Waals surface area contributed by atoms with Crippen molar-refractivity contribution in [2.45, 2.75) is 25.1 Å². The van der Waals surface area contributed by atoms with E-state index in [2.05, 4.69) is 10.6 Å². The lowest BCUT2D eigenvalue weighted by Crippen LogP contribution is -2.36. The highest BCUT2D eigenvalue weighted by atomic mass is 19.4. The number of carbonyl (C=O) groups excluding carboxylic acids is 1. The van der Waals surface area contributed by atoms with Gasteiger partial charge in [-0.2, -0.15) is 13.2 Å². The Morgan fingerprint density at radius 1 is 1.33 bits per heavy atom. The number of rotatable bonds is 2. The summed E-state index contributed by atoms with van der Waals surface area (Å²) in [4.78, 5) is 11.8. The first kappa shape index (κ1) is 12.9. The standard InChI is InChI=1S/C12H13F3N2O/c13-12(14,15)8-4-1-2-5-9(8)17-11(18)10-6-3-7-16-10/h1-2,4-5,10,16H,3,6-7H2,(H,17,18)/t10-/m0/s1. The number of halogens is 3. The molecule has 3 nitrogen and oxygen atoms in total. The van der Waals surface area contributed by atoms with Gasteiger partial charge in [0, 0.05) is 0 Å². The van der Waals surface area contributed by atoms with Gasteiger partial charge >= 0.3 is 6.18 Å². The van der Waals surface area contributed by atoms with Gasteiger partial charge in [0.15, 0.2) is 0 Å². The fourth-order valence-corrected chi connectivity index (χ4v) is 1.97. The van der Waals surface area contributed by atoms with E-state index in [1.165, 1.54) is 18.2 Å². The smallest absolute Gasteiger partial charge is 0.324 e. The van der Waals surface area contributed by atoms with Crippen LogP contribution in [0.25, 0.3) is 0 Å². The molecule has 1 atom stereocenters. The Kier molecular flexibility index (Phi) is 3.56. The van der Waals surface area contributed by atoms with Gasteiger partial charge in [0.1, 0.15) is 0 Å². The van der Waals surface area contributed by atoms with E-state index in [1.807, 2.05) is 0 Å². The van der Waals surface area contributed by atoms with Crippen molar-refractivity contribution in [2.75, 3.05) is 11.9 Å². The van der Waals surface area contributed by atoms with Gasteiger partial charge in [-0.15, -0.1) is 0 Å². The summed E-state index contributed by atoms with van der Waals surface area (Å²) >= 11 is 0. The zero-order chi connectivity index (χ0) is 13.2. The molecule has 0 radical (unpaired) electrons. The van der Waals surface area contributed by atoms with Gasteiger partial charge in [0.2, 0.25) is 5.91 Å². The van der Waals surface area contributed by atoms with E-state index in [-0.39, 0.29) is 5.69 Å². The van der Waals surface area contributed by atoms with Crippen LogP contribution in [0.2, 0.25) is 0 Å². The number of benzene rings is 1. The Bertz CT molecular complexity index is 439. The molecule has 0 unspecified atom stereocenters. The van der Waals surface area contributed by atoms with Crippen LogP contribution in [0, 0.1) is 0 Å². The minimum atomic E-state index is -4.47. The molecule has 98 valence electrons. The molecule has 1 aromatic rings. The van der Waals surface area contributed by atoms with E-state index in [0.717, 1.165) is 19.0 Å². The van der Waals surface area contributed by atoms with Gasteiger partial charge in [0.05, 0.1) is 17.3 Å². The van der Waals surface area contributed by atoms with Gasteiger partial charge in [-0.1, -0.05) is 12.1 Å². The molecule has 1 aromatic carbocycles. The van der Waals surface area contributed by atoms with Crippen LogP contribution in [0.5, 0.6) is 0 Å². The average molecular weight is 258 g/mol. The second kappa shape index (κ2) is 4.97. The number of hydrogen-bond donors (Lipinski definition) is 2.